The Bertz CT molecular complexity index is 309. The number of rotatable bonds is 1. The van der Waals surface area contributed by atoms with Crippen molar-refractivity contribution in [3.05, 3.63) is 11.8 Å². The monoisotopic (exact) mass is 181 g/mol. The highest BCUT2D eigenvalue weighted by Crippen LogP contribution is 2.17. The quantitative estimate of drug-likeness (QED) is 0.686. The minimum absolute atomic E-state index is 0.435. The lowest BCUT2D eigenvalue weighted by Crippen LogP contribution is -2.11. The molecule has 0 aliphatic carbocycles. The Morgan fingerprint density at radius 2 is 2.46 bits per heavy atom. The summed E-state index contributed by atoms with van der Waals surface area (Å²) in [4.78, 5) is 10.3. The Morgan fingerprint density at radius 1 is 1.62 bits per heavy atom. The van der Waals surface area contributed by atoms with Crippen LogP contribution in [0.4, 0.5) is 10.6 Å². The highest BCUT2D eigenvalue weighted by atomic mass is 16.4. The topological polar surface area (TPSA) is 67.2 Å². The molecule has 1 amide bonds. The number of aryl methyl sites for hydroxylation is 2. The smallest absolute Gasteiger partial charge is 0.410 e. The van der Waals surface area contributed by atoms with E-state index in [0.29, 0.717) is 5.82 Å². The molecule has 5 heteroatoms. The maximum atomic E-state index is 10.3. The van der Waals surface area contributed by atoms with Gasteiger partial charge in [-0.15, -0.1) is 0 Å². The van der Waals surface area contributed by atoms with Gasteiger partial charge in [-0.25, -0.2) is 4.79 Å². The van der Waals surface area contributed by atoms with Crippen LogP contribution in [0.1, 0.15) is 18.5 Å². The summed E-state index contributed by atoms with van der Waals surface area (Å²) >= 11 is 0. The Kier molecular flexibility index (Phi) is 1.92. The second kappa shape index (κ2) is 3.08. The number of nitrogens with one attached hydrogen (secondary N) is 1. The predicted octanol–water partition coefficient (Wildman–Crippen LogP) is 1.31. The lowest BCUT2D eigenvalue weighted by atomic mass is 10.1. The fraction of sp³-hybridized carbons (Fsp3) is 0.500. The lowest BCUT2D eigenvalue weighted by molar-refractivity contribution is 0.209. The molecule has 13 heavy (non-hydrogen) atoms. The van der Waals surface area contributed by atoms with Crippen LogP contribution in [-0.2, 0) is 13.0 Å². The third-order valence-electron chi connectivity index (χ3n) is 2.15. The fourth-order valence-corrected chi connectivity index (χ4v) is 1.59. The van der Waals surface area contributed by atoms with E-state index < -0.39 is 6.09 Å². The van der Waals surface area contributed by atoms with Crippen LogP contribution in [0.2, 0.25) is 0 Å². The molecule has 1 aromatic rings. The van der Waals surface area contributed by atoms with E-state index in [1.165, 1.54) is 0 Å². The van der Waals surface area contributed by atoms with E-state index in [9.17, 15) is 4.79 Å². The lowest BCUT2D eigenvalue weighted by Gasteiger charge is -2.11. The van der Waals surface area contributed by atoms with Gasteiger partial charge in [0.15, 0.2) is 5.82 Å². The summed E-state index contributed by atoms with van der Waals surface area (Å²) in [5.74, 6) is 0.435. The van der Waals surface area contributed by atoms with Crippen LogP contribution in [0, 0.1) is 0 Å². The van der Waals surface area contributed by atoms with Gasteiger partial charge in [-0.3, -0.25) is 10.00 Å². The SMILES string of the molecule is O=C(O)Nc1cc2n(n1)CCCC2. The minimum Gasteiger partial charge on any atom is -0.465 e. The maximum absolute atomic E-state index is 10.3. The molecule has 1 aliphatic heterocycles. The van der Waals surface area contributed by atoms with Crippen LogP contribution in [0.15, 0.2) is 6.07 Å². The van der Waals surface area contributed by atoms with Crippen molar-refractivity contribution < 1.29 is 9.90 Å². The van der Waals surface area contributed by atoms with Crippen LogP contribution in [0.25, 0.3) is 0 Å². The number of carbonyl (C=O) groups is 1. The standard InChI is InChI=1S/C8H11N3O2/c12-8(13)9-7-5-6-3-1-2-4-11(6)10-7/h5H,1-4H2,(H,9,10)(H,12,13). The Labute approximate surface area is 75.4 Å². The normalized spacial score (nSPS) is 15.1. The summed E-state index contributed by atoms with van der Waals surface area (Å²) in [5, 5.41) is 14.8. The second-order valence-electron chi connectivity index (χ2n) is 3.13. The van der Waals surface area contributed by atoms with Crippen LogP contribution < -0.4 is 5.32 Å². The summed E-state index contributed by atoms with van der Waals surface area (Å²) in [6.45, 7) is 0.899. The van der Waals surface area contributed by atoms with Gasteiger partial charge < -0.3 is 5.11 Å². The largest absolute Gasteiger partial charge is 0.465 e. The molecule has 0 spiro atoms. The molecule has 70 valence electrons. The van der Waals surface area contributed by atoms with Gasteiger partial charge >= 0.3 is 6.09 Å². The molecule has 0 saturated heterocycles. The first-order valence-electron chi connectivity index (χ1n) is 4.32. The molecule has 0 radical (unpaired) electrons. The third kappa shape index (κ3) is 1.63. The molecule has 2 N–H and O–H groups in total. The summed E-state index contributed by atoms with van der Waals surface area (Å²) < 4.78 is 1.87. The highest BCUT2D eigenvalue weighted by molar-refractivity contribution is 5.81. The zero-order chi connectivity index (χ0) is 9.26. The van der Waals surface area contributed by atoms with Crippen LogP contribution in [0.5, 0.6) is 0 Å². The van der Waals surface area contributed by atoms with Gasteiger partial charge in [-0.05, 0) is 19.3 Å². The number of carboxylic acid groups (broad SMARTS) is 1. The maximum Gasteiger partial charge on any atom is 0.410 e. The van der Waals surface area contributed by atoms with Crippen molar-refractivity contribution in [1.82, 2.24) is 9.78 Å². The van der Waals surface area contributed by atoms with Crippen molar-refractivity contribution in [2.45, 2.75) is 25.8 Å². The summed E-state index contributed by atoms with van der Waals surface area (Å²) in [5.41, 5.74) is 1.12. The van der Waals surface area contributed by atoms with Gasteiger partial charge in [-0.1, -0.05) is 0 Å². The number of nitrogens with zero attached hydrogens (tertiary/aromatic N) is 2. The molecular formula is C8H11N3O2. The van der Waals surface area contributed by atoms with Crippen molar-refractivity contribution in [2.75, 3.05) is 5.32 Å². The number of aromatic nitrogens is 2. The molecule has 0 unspecified atom stereocenters. The molecule has 0 fully saturated rings. The second-order valence-corrected chi connectivity index (χ2v) is 3.13. The molecule has 2 rings (SSSR count). The van der Waals surface area contributed by atoms with E-state index >= 15 is 0 Å². The molecule has 1 aromatic heterocycles. The first kappa shape index (κ1) is 8.10. The number of hydrogen-bond donors (Lipinski definition) is 2. The van der Waals surface area contributed by atoms with E-state index in [4.69, 9.17) is 5.11 Å². The number of fused-ring (bicyclic) bond motifs is 1. The number of hydrogen-bond acceptors (Lipinski definition) is 2. The van der Waals surface area contributed by atoms with E-state index in [1.54, 1.807) is 6.07 Å². The predicted molar refractivity (Wildman–Crippen MR) is 46.8 cm³/mol. The Morgan fingerprint density at radius 3 is 3.15 bits per heavy atom. The summed E-state index contributed by atoms with van der Waals surface area (Å²) in [6.07, 6.45) is 2.23. The molecular weight excluding hydrogens is 170 g/mol. The van der Waals surface area contributed by atoms with Crippen LogP contribution >= 0.6 is 0 Å². The molecule has 1 aliphatic rings. The zero-order valence-electron chi connectivity index (χ0n) is 7.16. The van der Waals surface area contributed by atoms with E-state index in [0.717, 1.165) is 31.5 Å². The Balaban J connectivity index is 2.20. The first-order chi connectivity index (χ1) is 6.25. The van der Waals surface area contributed by atoms with Crippen molar-refractivity contribution in [3.8, 4) is 0 Å². The minimum atomic E-state index is -1.06. The summed E-state index contributed by atoms with van der Waals surface area (Å²) in [6, 6.07) is 1.80. The van der Waals surface area contributed by atoms with Crippen molar-refractivity contribution in [2.24, 2.45) is 0 Å². The third-order valence-corrected chi connectivity index (χ3v) is 2.15. The first-order valence-corrected chi connectivity index (χ1v) is 4.32. The summed E-state index contributed by atoms with van der Waals surface area (Å²) in [7, 11) is 0. The van der Waals surface area contributed by atoms with Crippen molar-refractivity contribution in [1.29, 1.82) is 0 Å². The van der Waals surface area contributed by atoms with Crippen LogP contribution in [-0.4, -0.2) is 21.0 Å². The van der Waals surface area contributed by atoms with E-state index in [2.05, 4.69) is 10.4 Å². The number of anilines is 1. The van der Waals surface area contributed by atoms with Crippen LogP contribution in [0.3, 0.4) is 0 Å². The van der Waals surface area contributed by atoms with Gasteiger partial charge in [0.1, 0.15) is 0 Å². The molecule has 5 nitrogen and oxygen atoms in total. The average Bonchev–Trinajstić information content (AvgIpc) is 2.44. The molecule has 0 aromatic carbocycles. The van der Waals surface area contributed by atoms with Crippen molar-refractivity contribution >= 4 is 11.9 Å². The fourth-order valence-electron chi connectivity index (χ4n) is 1.59. The van der Waals surface area contributed by atoms with Gasteiger partial charge in [0.25, 0.3) is 0 Å². The molecule has 0 bridgehead atoms. The van der Waals surface area contributed by atoms with Crippen molar-refractivity contribution in [3.63, 3.8) is 0 Å². The van der Waals surface area contributed by atoms with Gasteiger partial charge in [0.05, 0.1) is 0 Å². The molecule has 0 saturated carbocycles. The van der Waals surface area contributed by atoms with Gasteiger partial charge in [0, 0.05) is 18.3 Å². The van der Waals surface area contributed by atoms with E-state index in [1.807, 2.05) is 4.68 Å². The number of amides is 1. The van der Waals surface area contributed by atoms with Gasteiger partial charge in [0.2, 0.25) is 0 Å². The van der Waals surface area contributed by atoms with Gasteiger partial charge in [-0.2, -0.15) is 5.10 Å². The molecule has 2 heterocycles. The van der Waals surface area contributed by atoms with E-state index in [-0.39, 0.29) is 0 Å². The zero-order valence-corrected chi connectivity index (χ0v) is 7.16. The Hall–Kier alpha value is -1.52. The molecule has 0 atom stereocenters. The average molecular weight is 181 g/mol. The highest BCUT2D eigenvalue weighted by Gasteiger charge is 2.12.